The van der Waals surface area contributed by atoms with Crippen molar-refractivity contribution in [1.29, 1.82) is 0 Å². The molecule has 0 unspecified atom stereocenters. The van der Waals surface area contributed by atoms with Gasteiger partial charge in [0.1, 0.15) is 5.82 Å². The van der Waals surface area contributed by atoms with Gasteiger partial charge in [-0.15, -0.1) is 0 Å². The molecule has 9 heteroatoms. The zero-order chi connectivity index (χ0) is 20.8. The van der Waals surface area contributed by atoms with Crippen LogP contribution < -0.4 is 5.32 Å². The number of aliphatic carboxylic acids is 1. The van der Waals surface area contributed by atoms with E-state index in [1.165, 1.54) is 43.1 Å². The molecule has 1 aromatic carbocycles. The maximum absolute atomic E-state index is 13.2. The molecular formula is C20H20FN5O3. The van der Waals surface area contributed by atoms with Crippen molar-refractivity contribution < 1.29 is 19.1 Å². The van der Waals surface area contributed by atoms with Crippen LogP contribution in [0, 0.1) is 5.82 Å². The highest BCUT2D eigenvalue weighted by atomic mass is 19.1. The molecule has 150 valence electrons. The van der Waals surface area contributed by atoms with E-state index < -0.39 is 17.4 Å². The first-order chi connectivity index (χ1) is 13.8. The van der Waals surface area contributed by atoms with Crippen molar-refractivity contribution in [3.63, 3.8) is 0 Å². The summed E-state index contributed by atoms with van der Waals surface area (Å²) in [5.74, 6) is -1.76. The zero-order valence-corrected chi connectivity index (χ0v) is 16.0. The predicted octanol–water partition coefficient (Wildman–Crippen LogP) is 2.77. The standard InChI is InChI=1S/C20H20FN5O3/c1-20(2,19(28)29)25-11-13(10-22-25)23-18(27)17-15-4-3-5-16(15)26(24-17)14-8-6-12(21)7-9-14/h6-11H,3-5H2,1-2H3,(H,23,27)(H,28,29). The SMILES string of the molecule is CC(C)(C(=O)O)n1cc(NC(=O)c2nn(-c3ccc(F)cc3)c3c2CCC3)cn1. The first-order valence-corrected chi connectivity index (χ1v) is 9.24. The van der Waals surface area contributed by atoms with Gasteiger partial charge >= 0.3 is 5.97 Å². The lowest BCUT2D eigenvalue weighted by atomic mass is 10.1. The highest BCUT2D eigenvalue weighted by Crippen LogP contribution is 2.28. The lowest BCUT2D eigenvalue weighted by Crippen LogP contribution is -2.35. The molecule has 2 aromatic heterocycles. The van der Waals surface area contributed by atoms with Crippen molar-refractivity contribution in [1.82, 2.24) is 19.6 Å². The van der Waals surface area contributed by atoms with Crippen LogP contribution in [0.2, 0.25) is 0 Å². The van der Waals surface area contributed by atoms with Gasteiger partial charge in [-0.05, 0) is 57.4 Å². The van der Waals surface area contributed by atoms with E-state index in [2.05, 4.69) is 15.5 Å². The van der Waals surface area contributed by atoms with Crippen LogP contribution in [0.5, 0.6) is 0 Å². The Balaban J connectivity index is 1.62. The number of benzene rings is 1. The Bertz CT molecular complexity index is 1100. The number of fused-ring (bicyclic) bond motifs is 1. The molecule has 0 aliphatic heterocycles. The number of nitrogens with zero attached hydrogens (tertiary/aromatic N) is 4. The number of nitrogens with one attached hydrogen (secondary N) is 1. The Labute approximate surface area is 166 Å². The maximum Gasteiger partial charge on any atom is 0.331 e. The van der Waals surface area contributed by atoms with Crippen LogP contribution >= 0.6 is 0 Å². The summed E-state index contributed by atoms with van der Waals surface area (Å²) in [7, 11) is 0. The number of carbonyl (C=O) groups excluding carboxylic acids is 1. The zero-order valence-electron chi connectivity index (χ0n) is 16.0. The molecule has 1 amide bonds. The lowest BCUT2D eigenvalue weighted by Gasteiger charge is -2.19. The maximum atomic E-state index is 13.2. The Kier molecular flexibility index (Phi) is 4.45. The number of carboxylic acid groups (broad SMARTS) is 1. The van der Waals surface area contributed by atoms with E-state index in [-0.39, 0.29) is 5.82 Å². The van der Waals surface area contributed by atoms with Gasteiger partial charge in [0.15, 0.2) is 11.2 Å². The van der Waals surface area contributed by atoms with Gasteiger partial charge in [-0.2, -0.15) is 10.2 Å². The average Bonchev–Trinajstić information content (AvgIpc) is 3.38. The summed E-state index contributed by atoms with van der Waals surface area (Å²) >= 11 is 0. The molecule has 1 aliphatic carbocycles. The molecule has 2 N–H and O–H groups in total. The number of carboxylic acids is 1. The van der Waals surface area contributed by atoms with E-state index >= 15 is 0 Å². The first-order valence-electron chi connectivity index (χ1n) is 9.24. The van der Waals surface area contributed by atoms with Gasteiger partial charge in [0.05, 0.1) is 17.6 Å². The Hall–Kier alpha value is -3.49. The molecule has 29 heavy (non-hydrogen) atoms. The van der Waals surface area contributed by atoms with Crippen molar-refractivity contribution in [3.05, 3.63) is 59.4 Å². The summed E-state index contributed by atoms with van der Waals surface area (Å²) < 4.78 is 16.2. The molecule has 0 atom stereocenters. The number of hydrogen-bond acceptors (Lipinski definition) is 4. The van der Waals surface area contributed by atoms with E-state index in [1.807, 2.05) is 0 Å². The Morgan fingerprint density at radius 2 is 1.93 bits per heavy atom. The Morgan fingerprint density at radius 1 is 1.21 bits per heavy atom. The molecule has 0 saturated heterocycles. The number of aromatic nitrogens is 4. The van der Waals surface area contributed by atoms with E-state index in [0.29, 0.717) is 17.1 Å². The molecule has 3 aromatic rings. The normalized spacial score (nSPS) is 13.3. The van der Waals surface area contributed by atoms with Crippen LogP contribution in [-0.2, 0) is 23.2 Å². The summed E-state index contributed by atoms with van der Waals surface area (Å²) in [4.78, 5) is 24.2. The summed E-state index contributed by atoms with van der Waals surface area (Å²) in [6.45, 7) is 3.04. The van der Waals surface area contributed by atoms with Crippen molar-refractivity contribution in [2.24, 2.45) is 0 Å². The van der Waals surface area contributed by atoms with Gasteiger partial charge in [-0.25, -0.2) is 13.9 Å². The minimum atomic E-state index is -1.24. The molecule has 0 spiro atoms. The molecule has 0 fully saturated rings. The second-order valence-electron chi connectivity index (χ2n) is 7.51. The monoisotopic (exact) mass is 397 g/mol. The highest BCUT2D eigenvalue weighted by molar-refractivity contribution is 6.04. The Morgan fingerprint density at radius 3 is 2.62 bits per heavy atom. The van der Waals surface area contributed by atoms with Crippen LogP contribution in [0.1, 0.15) is 42.0 Å². The molecule has 0 bridgehead atoms. The fourth-order valence-corrected chi connectivity index (χ4v) is 3.40. The number of carbonyl (C=O) groups is 2. The largest absolute Gasteiger partial charge is 0.479 e. The minimum Gasteiger partial charge on any atom is -0.479 e. The van der Waals surface area contributed by atoms with Crippen molar-refractivity contribution in [2.75, 3.05) is 5.32 Å². The molecule has 4 rings (SSSR count). The summed E-state index contributed by atoms with van der Waals surface area (Å²) in [5.41, 5.74) is 1.97. The van der Waals surface area contributed by atoms with Gasteiger partial charge < -0.3 is 10.4 Å². The van der Waals surface area contributed by atoms with E-state index in [4.69, 9.17) is 0 Å². The fraction of sp³-hybridized carbons (Fsp3) is 0.300. The van der Waals surface area contributed by atoms with E-state index in [9.17, 15) is 19.1 Å². The van der Waals surface area contributed by atoms with Crippen LogP contribution in [-0.4, -0.2) is 36.5 Å². The quantitative estimate of drug-likeness (QED) is 0.689. The van der Waals surface area contributed by atoms with Crippen LogP contribution in [0.25, 0.3) is 5.69 Å². The number of anilines is 1. The van der Waals surface area contributed by atoms with E-state index in [0.717, 1.165) is 30.5 Å². The van der Waals surface area contributed by atoms with Crippen LogP contribution in [0.4, 0.5) is 10.1 Å². The number of amides is 1. The van der Waals surface area contributed by atoms with Gasteiger partial charge in [0, 0.05) is 17.5 Å². The highest BCUT2D eigenvalue weighted by Gasteiger charge is 2.31. The molecule has 0 radical (unpaired) electrons. The third-order valence-electron chi connectivity index (χ3n) is 5.15. The van der Waals surface area contributed by atoms with Crippen molar-refractivity contribution in [3.8, 4) is 5.69 Å². The second kappa shape index (κ2) is 6.84. The van der Waals surface area contributed by atoms with Gasteiger partial charge in [0.25, 0.3) is 5.91 Å². The van der Waals surface area contributed by atoms with Crippen LogP contribution in [0.15, 0.2) is 36.7 Å². The molecule has 2 heterocycles. The lowest BCUT2D eigenvalue weighted by molar-refractivity contribution is -0.146. The fourth-order valence-electron chi connectivity index (χ4n) is 3.40. The summed E-state index contributed by atoms with van der Waals surface area (Å²) in [6, 6.07) is 5.97. The molecule has 8 nitrogen and oxygen atoms in total. The second-order valence-corrected chi connectivity index (χ2v) is 7.51. The van der Waals surface area contributed by atoms with E-state index in [1.54, 1.807) is 16.8 Å². The average molecular weight is 397 g/mol. The van der Waals surface area contributed by atoms with Gasteiger partial charge in [-0.3, -0.25) is 9.48 Å². The predicted molar refractivity (Wildman–Crippen MR) is 103 cm³/mol. The third kappa shape index (κ3) is 3.28. The smallest absolute Gasteiger partial charge is 0.331 e. The minimum absolute atomic E-state index is 0.312. The van der Waals surface area contributed by atoms with Gasteiger partial charge in [-0.1, -0.05) is 0 Å². The van der Waals surface area contributed by atoms with Crippen LogP contribution in [0.3, 0.4) is 0 Å². The van der Waals surface area contributed by atoms with Crippen molar-refractivity contribution >= 4 is 17.6 Å². The molecule has 1 aliphatic rings. The third-order valence-corrected chi connectivity index (χ3v) is 5.15. The summed E-state index contributed by atoms with van der Waals surface area (Å²) in [6.07, 6.45) is 5.32. The topological polar surface area (TPSA) is 102 Å². The molecular weight excluding hydrogens is 377 g/mol. The molecule has 0 saturated carbocycles. The number of halogens is 1. The number of rotatable bonds is 5. The first kappa shape index (κ1) is 18.9. The van der Waals surface area contributed by atoms with Gasteiger partial charge in [0.2, 0.25) is 0 Å². The van der Waals surface area contributed by atoms with Crippen molar-refractivity contribution in [2.45, 2.75) is 38.6 Å². The summed E-state index contributed by atoms with van der Waals surface area (Å²) in [5, 5.41) is 20.6. The number of hydrogen-bond donors (Lipinski definition) is 2.